The van der Waals surface area contributed by atoms with Gasteiger partial charge in [0.15, 0.2) is 6.04 Å². The highest BCUT2D eigenvalue weighted by atomic mass is 19.4. The molecule has 4 fully saturated rings. The van der Waals surface area contributed by atoms with Crippen LogP contribution in [0.2, 0.25) is 0 Å². The van der Waals surface area contributed by atoms with E-state index in [2.05, 4.69) is 10.2 Å². The molecular weight excluding hydrogens is 699 g/mol. The smallest absolute Gasteiger partial charge is 0.416 e. The molecule has 4 atom stereocenters. The molecule has 3 aliphatic heterocycles. The number of carbonyl (C=O) groups excluding carboxylic acids is 4. The molecule has 0 radical (unpaired) electrons. The van der Waals surface area contributed by atoms with Crippen LogP contribution in [0.25, 0.3) is 6.08 Å². The summed E-state index contributed by atoms with van der Waals surface area (Å²) in [7, 11) is 0. The van der Waals surface area contributed by atoms with E-state index in [1.807, 2.05) is 60.7 Å². The zero-order valence-electron chi connectivity index (χ0n) is 29.9. The van der Waals surface area contributed by atoms with Crippen molar-refractivity contribution in [3.63, 3.8) is 0 Å². The van der Waals surface area contributed by atoms with E-state index in [4.69, 9.17) is 4.74 Å². The zero-order chi connectivity index (χ0) is 37.8. The SMILES string of the molecule is O=C(NCc1cccc(C(F)(F)F)c1)C(C(=O)N1CCN(C2CCCCC2)CC1)N1C(=O)[C@@H](N2C(=O)OC[C@H]2c2ccccc2)[C@H]1/C=C/c1ccccc1. The van der Waals surface area contributed by atoms with Gasteiger partial charge in [0, 0.05) is 38.8 Å². The third-order valence-corrected chi connectivity index (χ3v) is 11.0. The van der Waals surface area contributed by atoms with Gasteiger partial charge in [0.1, 0.15) is 12.6 Å². The maximum Gasteiger partial charge on any atom is 0.416 e. The van der Waals surface area contributed by atoms with Gasteiger partial charge in [-0.05, 0) is 41.7 Å². The largest absolute Gasteiger partial charge is 0.447 e. The fourth-order valence-electron chi connectivity index (χ4n) is 8.17. The fourth-order valence-corrected chi connectivity index (χ4v) is 8.17. The molecule has 4 amide bonds. The Balaban J connectivity index is 1.20. The summed E-state index contributed by atoms with van der Waals surface area (Å²) in [6, 6.07) is 19.3. The summed E-state index contributed by atoms with van der Waals surface area (Å²) in [5.41, 5.74) is 0.886. The molecule has 13 heteroatoms. The number of hydrogen-bond donors (Lipinski definition) is 1. The van der Waals surface area contributed by atoms with Crippen molar-refractivity contribution in [2.45, 2.75) is 75.0 Å². The van der Waals surface area contributed by atoms with Gasteiger partial charge < -0.3 is 19.9 Å². The molecule has 3 heterocycles. The second kappa shape index (κ2) is 16.1. The summed E-state index contributed by atoms with van der Waals surface area (Å²) in [5.74, 6) is -2.00. The van der Waals surface area contributed by atoms with Crippen LogP contribution in [-0.2, 0) is 31.8 Å². The number of benzene rings is 3. The molecule has 54 heavy (non-hydrogen) atoms. The topological polar surface area (TPSA) is 103 Å². The Bertz CT molecular complexity index is 1840. The highest BCUT2D eigenvalue weighted by Gasteiger charge is 2.60. The number of amides is 4. The Kier molecular flexibility index (Phi) is 11.0. The predicted molar refractivity (Wildman–Crippen MR) is 194 cm³/mol. The number of rotatable bonds is 10. The number of nitrogens with zero attached hydrogens (tertiary/aromatic N) is 4. The minimum Gasteiger partial charge on any atom is -0.447 e. The Hall–Kier alpha value is -5.17. The van der Waals surface area contributed by atoms with Gasteiger partial charge in [-0.3, -0.25) is 24.2 Å². The van der Waals surface area contributed by atoms with Gasteiger partial charge in [0.2, 0.25) is 5.91 Å². The quantitative estimate of drug-likeness (QED) is 0.213. The van der Waals surface area contributed by atoms with E-state index in [1.54, 1.807) is 17.1 Å². The number of piperazine rings is 1. The van der Waals surface area contributed by atoms with E-state index < -0.39 is 59.7 Å². The Morgan fingerprint density at radius 2 is 1.56 bits per heavy atom. The summed E-state index contributed by atoms with van der Waals surface area (Å²) in [4.78, 5) is 63.2. The van der Waals surface area contributed by atoms with Gasteiger partial charge in [0.25, 0.3) is 11.8 Å². The van der Waals surface area contributed by atoms with Gasteiger partial charge >= 0.3 is 12.3 Å². The van der Waals surface area contributed by atoms with Gasteiger partial charge in [-0.15, -0.1) is 0 Å². The first-order chi connectivity index (χ1) is 26.1. The van der Waals surface area contributed by atoms with E-state index in [-0.39, 0.29) is 18.7 Å². The average molecular weight is 744 g/mol. The highest BCUT2D eigenvalue weighted by molar-refractivity contribution is 6.09. The number of nitrogens with one attached hydrogen (secondary N) is 1. The van der Waals surface area contributed by atoms with Crippen LogP contribution >= 0.6 is 0 Å². The van der Waals surface area contributed by atoms with Crippen LogP contribution in [-0.4, -0.2) is 100 Å². The number of cyclic esters (lactones) is 1. The van der Waals surface area contributed by atoms with Crippen LogP contribution in [0.4, 0.5) is 18.0 Å². The molecule has 0 bridgehead atoms. The summed E-state index contributed by atoms with van der Waals surface area (Å²) < 4.78 is 45.9. The Labute approximate surface area is 312 Å². The van der Waals surface area contributed by atoms with Gasteiger partial charge in [-0.1, -0.05) is 104 Å². The molecular formula is C41H44F3N5O5. The molecule has 10 nitrogen and oxygen atoms in total. The Morgan fingerprint density at radius 1 is 0.870 bits per heavy atom. The van der Waals surface area contributed by atoms with Crippen LogP contribution in [0.5, 0.6) is 0 Å². The number of carbonyl (C=O) groups is 4. The van der Waals surface area contributed by atoms with Gasteiger partial charge in [-0.2, -0.15) is 13.2 Å². The fraction of sp³-hybridized carbons (Fsp3) is 0.415. The lowest BCUT2D eigenvalue weighted by Crippen LogP contribution is -2.76. The zero-order valence-corrected chi connectivity index (χ0v) is 29.9. The molecule has 1 N–H and O–H groups in total. The van der Waals surface area contributed by atoms with Crippen molar-refractivity contribution in [3.8, 4) is 0 Å². The van der Waals surface area contributed by atoms with Crippen molar-refractivity contribution in [3.05, 3.63) is 113 Å². The molecule has 7 rings (SSSR count). The van der Waals surface area contributed by atoms with E-state index in [0.29, 0.717) is 32.2 Å². The summed E-state index contributed by atoms with van der Waals surface area (Å²) >= 11 is 0. The number of likely N-dealkylation sites (tertiary alicyclic amines) is 1. The second-order valence-electron chi connectivity index (χ2n) is 14.3. The molecule has 3 aromatic carbocycles. The van der Waals surface area contributed by atoms with Crippen molar-refractivity contribution in [2.75, 3.05) is 32.8 Å². The minimum absolute atomic E-state index is 0.0207. The van der Waals surface area contributed by atoms with E-state index in [1.165, 1.54) is 41.2 Å². The maximum absolute atomic E-state index is 14.6. The highest BCUT2D eigenvalue weighted by Crippen LogP contribution is 2.39. The molecule has 0 spiro atoms. The van der Waals surface area contributed by atoms with E-state index in [9.17, 15) is 32.3 Å². The van der Waals surface area contributed by atoms with Crippen molar-refractivity contribution in [1.82, 2.24) is 24.9 Å². The molecule has 1 aliphatic carbocycles. The minimum atomic E-state index is -4.58. The molecule has 4 aliphatic rings. The monoisotopic (exact) mass is 743 g/mol. The number of alkyl halides is 3. The van der Waals surface area contributed by atoms with Crippen molar-refractivity contribution in [2.24, 2.45) is 0 Å². The van der Waals surface area contributed by atoms with E-state index in [0.717, 1.165) is 36.1 Å². The lowest BCUT2D eigenvalue weighted by atomic mass is 9.87. The maximum atomic E-state index is 14.6. The van der Waals surface area contributed by atoms with Gasteiger partial charge in [-0.25, -0.2) is 4.79 Å². The molecule has 3 saturated heterocycles. The molecule has 1 saturated carbocycles. The first kappa shape index (κ1) is 37.2. The van der Waals surface area contributed by atoms with Crippen molar-refractivity contribution < 1.29 is 37.1 Å². The van der Waals surface area contributed by atoms with Crippen molar-refractivity contribution in [1.29, 1.82) is 0 Å². The van der Waals surface area contributed by atoms with E-state index >= 15 is 0 Å². The molecule has 3 aromatic rings. The van der Waals surface area contributed by atoms with Gasteiger partial charge in [0.05, 0.1) is 17.6 Å². The van der Waals surface area contributed by atoms with Crippen LogP contribution in [0, 0.1) is 0 Å². The number of β-lactam (4-membered cyclic amide) rings is 1. The summed E-state index contributed by atoms with van der Waals surface area (Å²) in [5, 5.41) is 2.66. The number of hydrogen-bond acceptors (Lipinski definition) is 6. The lowest BCUT2D eigenvalue weighted by Gasteiger charge is -2.52. The third-order valence-electron chi connectivity index (χ3n) is 11.0. The molecule has 1 unspecified atom stereocenters. The normalized spacial score (nSPS) is 23.3. The second-order valence-corrected chi connectivity index (χ2v) is 14.3. The van der Waals surface area contributed by atoms with Crippen LogP contribution < -0.4 is 5.32 Å². The van der Waals surface area contributed by atoms with Crippen molar-refractivity contribution >= 4 is 29.9 Å². The standard InChI is InChI=1S/C41H44F3N5O5/c42-41(43,44)31-16-10-13-29(25-31)26-45-37(50)36(38(51)47-23-21-46(22-24-47)32-17-8-3-9-18-32)48-33(20-19-28-11-4-1-5-12-28)35(39(48)52)49-34(27-54-40(49)53)30-14-6-2-7-15-30/h1-2,4-7,10-16,19-20,25,32-36H,3,8-9,17-18,21-24,26-27H2,(H,45,50)/b20-19+/t33-,34+,35+,36?/m1/s1. The summed E-state index contributed by atoms with van der Waals surface area (Å²) in [6.07, 6.45) is 4.01. The number of ether oxygens (including phenoxy) is 1. The van der Waals surface area contributed by atoms with Crippen LogP contribution in [0.15, 0.2) is 91.0 Å². The summed E-state index contributed by atoms with van der Waals surface area (Å²) in [6.45, 7) is 1.69. The first-order valence-electron chi connectivity index (χ1n) is 18.6. The number of halogens is 3. The molecule has 284 valence electrons. The predicted octanol–water partition coefficient (Wildman–Crippen LogP) is 5.65. The third kappa shape index (κ3) is 7.87. The Morgan fingerprint density at radius 3 is 2.24 bits per heavy atom. The van der Waals surface area contributed by atoms with Crippen LogP contribution in [0.1, 0.15) is 60.4 Å². The first-order valence-corrected chi connectivity index (χ1v) is 18.6. The average Bonchev–Trinajstić information content (AvgIpc) is 3.57. The van der Waals surface area contributed by atoms with Crippen LogP contribution in [0.3, 0.4) is 0 Å². The lowest BCUT2D eigenvalue weighted by molar-refractivity contribution is -0.169. The molecule has 0 aromatic heterocycles.